The van der Waals surface area contributed by atoms with Crippen LogP contribution in [0.2, 0.25) is 0 Å². The van der Waals surface area contributed by atoms with Crippen molar-refractivity contribution in [3.63, 3.8) is 0 Å². The number of imidazole rings is 1. The van der Waals surface area contributed by atoms with E-state index in [-0.39, 0.29) is 108 Å². The zero-order valence-electron chi connectivity index (χ0n) is 57.1. The van der Waals surface area contributed by atoms with Crippen LogP contribution in [0.15, 0.2) is 84.4 Å². The third-order valence-electron chi connectivity index (χ3n) is 18.0. The van der Waals surface area contributed by atoms with Crippen LogP contribution in [-0.2, 0) is 65.6 Å². The minimum Gasteiger partial charge on any atom is -0.370 e. The Morgan fingerprint density at radius 3 is 1.62 bits per heavy atom. The molecule has 0 spiro atoms. The highest BCUT2D eigenvalue weighted by Crippen LogP contribution is 2.26. The van der Waals surface area contributed by atoms with Crippen molar-refractivity contribution in [1.29, 1.82) is 0 Å². The van der Waals surface area contributed by atoms with Crippen LogP contribution in [0.5, 0.6) is 0 Å². The summed E-state index contributed by atoms with van der Waals surface area (Å²) >= 11 is 0. The number of nitrogens with zero attached hydrogens (tertiary/aromatic N) is 2. The largest absolute Gasteiger partial charge is 0.370 e. The van der Waals surface area contributed by atoms with Gasteiger partial charge in [-0.15, -0.1) is 0 Å². The molecule has 11 amide bonds. The number of rotatable bonds is 42. The van der Waals surface area contributed by atoms with Crippen LogP contribution < -0.4 is 81.8 Å². The molecule has 2 aromatic heterocycles. The van der Waals surface area contributed by atoms with E-state index in [9.17, 15) is 52.7 Å². The van der Waals surface area contributed by atoms with Gasteiger partial charge < -0.3 is 91.8 Å². The number of aromatic nitrogens is 3. The molecule has 0 aliphatic heterocycles. The second kappa shape index (κ2) is 41.7. The summed E-state index contributed by atoms with van der Waals surface area (Å²) in [6.07, 6.45) is 25.9. The van der Waals surface area contributed by atoms with E-state index in [1.54, 1.807) is 6.20 Å². The average molecular weight is 1380 g/mol. The molecule has 22 N–H and O–H groups in total. The molecule has 30 heteroatoms. The fourth-order valence-corrected chi connectivity index (χ4v) is 12.5. The summed E-state index contributed by atoms with van der Waals surface area (Å²) in [5.74, 6) is -8.19. The normalized spacial score (nSPS) is 18.4. The lowest BCUT2D eigenvalue weighted by molar-refractivity contribution is -0.136. The molecule has 12 atom stereocenters. The lowest BCUT2D eigenvalue weighted by atomic mass is 9.88. The molecule has 0 saturated heterocycles. The molecular formula is C69H105N19O11. The number of guanidine groups is 1. The number of aromatic amines is 2. The van der Waals surface area contributed by atoms with E-state index in [0.29, 0.717) is 56.2 Å². The van der Waals surface area contributed by atoms with E-state index in [0.717, 1.165) is 49.4 Å². The first kappa shape index (κ1) is 78.5. The average Bonchev–Trinajstić information content (AvgIpc) is 1.81. The van der Waals surface area contributed by atoms with E-state index >= 15 is 0 Å². The zero-order chi connectivity index (χ0) is 71.6. The van der Waals surface area contributed by atoms with Gasteiger partial charge >= 0.3 is 0 Å². The molecule has 1 aromatic carbocycles. The Hall–Kier alpha value is -9.45. The topological polar surface area (TPSA) is 495 Å². The second-order valence-electron chi connectivity index (χ2n) is 26.0. The minimum absolute atomic E-state index is 0.00797. The SMILES string of the molecule is CC(=O)NCC(=O)N[C@@H](CC1C=CCCC1)C(=O)N[C@@H](CCCN=C(N)N)C(=O)N[C@@H](CCCCN)C(=O)N[C@@H](CC1C=CCCC1)C(=O)N[C@@H](CCCCN)C(=O)N[C@@H](C)C(=O)N[C@@H](CC1CC=CCC1)C(=O)N[C@@H](Cc1c[nH]c2ccccc12)C(=O)N[C@@H](Cc1cnc[nH]1)C(N)=O. The zero-order valence-corrected chi connectivity index (χ0v) is 57.1. The fourth-order valence-electron chi connectivity index (χ4n) is 12.5. The van der Waals surface area contributed by atoms with Crippen molar-refractivity contribution in [2.24, 2.45) is 51.4 Å². The molecule has 6 rings (SSSR count). The smallest absolute Gasteiger partial charge is 0.243 e. The van der Waals surface area contributed by atoms with Gasteiger partial charge in [-0.25, -0.2) is 4.98 Å². The molecule has 3 unspecified atom stereocenters. The summed E-state index contributed by atoms with van der Waals surface area (Å²) in [5.41, 5.74) is 30.8. The molecule has 3 aliphatic carbocycles. The van der Waals surface area contributed by atoms with Gasteiger partial charge in [0.1, 0.15) is 54.4 Å². The van der Waals surface area contributed by atoms with E-state index in [1.807, 2.05) is 60.7 Å². The Bertz CT molecular complexity index is 3290. The first-order valence-corrected chi connectivity index (χ1v) is 34.8. The van der Waals surface area contributed by atoms with Gasteiger partial charge in [-0.1, -0.05) is 54.7 Å². The Morgan fingerprint density at radius 2 is 1.08 bits per heavy atom. The predicted molar refractivity (Wildman–Crippen MR) is 374 cm³/mol. The van der Waals surface area contributed by atoms with Crippen molar-refractivity contribution in [2.75, 3.05) is 26.2 Å². The number of hydrogen-bond donors (Lipinski definition) is 17. The first-order valence-electron chi connectivity index (χ1n) is 34.8. The van der Waals surface area contributed by atoms with E-state index in [1.165, 1.54) is 26.4 Å². The number of H-pyrrole nitrogens is 2. The molecule has 3 aliphatic rings. The quantitative estimate of drug-likeness (QED) is 0.0156. The summed E-state index contributed by atoms with van der Waals surface area (Å²) in [6.45, 7) is 2.92. The molecule has 30 nitrogen and oxygen atoms in total. The van der Waals surface area contributed by atoms with Gasteiger partial charge in [0.15, 0.2) is 5.96 Å². The van der Waals surface area contributed by atoms with E-state index in [4.69, 9.17) is 28.7 Å². The number of fused-ring (bicyclic) bond motifs is 1. The van der Waals surface area contributed by atoms with Crippen LogP contribution in [0.3, 0.4) is 0 Å². The van der Waals surface area contributed by atoms with Crippen LogP contribution in [0.1, 0.15) is 154 Å². The van der Waals surface area contributed by atoms with Crippen molar-refractivity contribution in [1.82, 2.24) is 68.1 Å². The molecule has 542 valence electrons. The Labute approximate surface area is 578 Å². The number of hydrogen-bond acceptors (Lipinski definition) is 15. The lowest BCUT2D eigenvalue weighted by Gasteiger charge is -2.30. The molecule has 0 fully saturated rings. The highest BCUT2D eigenvalue weighted by atomic mass is 16.2. The summed E-state index contributed by atoms with van der Waals surface area (Å²) in [5, 5.41) is 28.5. The summed E-state index contributed by atoms with van der Waals surface area (Å²) < 4.78 is 0. The van der Waals surface area contributed by atoms with Crippen LogP contribution >= 0.6 is 0 Å². The number of nitrogens with two attached hydrogens (primary N) is 5. The van der Waals surface area contributed by atoms with Gasteiger partial charge in [-0.2, -0.15) is 0 Å². The fraction of sp³-hybridized carbons (Fsp3) is 0.580. The number of primary amides is 1. The van der Waals surface area contributed by atoms with Gasteiger partial charge in [0.2, 0.25) is 65.0 Å². The molecule has 99 heavy (non-hydrogen) atoms. The maximum Gasteiger partial charge on any atom is 0.243 e. The predicted octanol–water partition coefficient (Wildman–Crippen LogP) is 0.231. The number of para-hydroxylation sites is 1. The number of aliphatic imine (C=N–C) groups is 1. The number of carbonyl (C=O) groups is 11. The van der Waals surface area contributed by atoms with Crippen molar-refractivity contribution in [3.8, 4) is 0 Å². The van der Waals surface area contributed by atoms with E-state index in [2.05, 4.69) is 73.1 Å². The van der Waals surface area contributed by atoms with Crippen molar-refractivity contribution < 1.29 is 52.7 Å². The van der Waals surface area contributed by atoms with E-state index < -0.39 is 119 Å². The third-order valence-corrected chi connectivity index (χ3v) is 18.0. The van der Waals surface area contributed by atoms with Crippen molar-refractivity contribution in [3.05, 3.63) is 90.7 Å². The Kier molecular flexibility index (Phi) is 33.1. The Balaban J connectivity index is 1.21. The highest BCUT2D eigenvalue weighted by molar-refractivity contribution is 5.99. The van der Waals surface area contributed by atoms with Crippen molar-refractivity contribution in [2.45, 2.75) is 209 Å². The Morgan fingerprint density at radius 1 is 0.556 bits per heavy atom. The molecular weight excluding hydrogens is 1270 g/mol. The standard InChI is InChI=1S/C69H105N19O11/c1-42(61(92)86-56(34-45-21-8-4-9-22-45)67(98)88-58(36-47-38-78-50-26-13-12-25-49(47)50)68(99)85-54(60(72)91)37-48-39-75-41-79-48)80-62(93)51(27-14-16-30-70)83-66(97)57(35-46-23-10-5-11-24-46)87-64(95)52(28-15-17-31-71)82-63(94)53(29-18-32-76-69(73)74)84-65(96)55(33-44-19-6-3-7-20-44)81-59(90)40-77-43(2)89/h4,6,8,10,12-13,19,23,25-26,38-39,41-42,44-46,51-58,78H,3,5,7,9,11,14-18,20-22,24,27-37,40,70-71H2,1-2H3,(H2,72,91)(H,75,79)(H,77,89)(H,80,93)(H,81,90)(H,82,94)(H,83,97)(H,84,96)(H,85,99)(H,86,92)(H,87,95)(H,88,98)(H4,73,74,76)/t42-,44?,45?,46?,51-,52-,53-,54-,55-,56-,57-,58-/m0/s1. The van der Waals surface area contributed by atoms with Gasteiger partial charge in [-0.05, 0) is 178 Å². The van der Waals surface area contributed by atoms with Crippen molar-refractivity contribution >= 4 is 81.8 Å². The molecule has 2 heterocycles. The monoisotopic (exact) mass is 1380 g/mol. The van der Waals surface area contributed by atoms with Crippen LogP contribution in [-0.4, -0.2) is 166 Å². The number of allylic oxidation sites excluding steroid dienone is 6. The van der Waals surface area contributed by atoms with Crippen LogP contribution in [0.25, 0.3) is 10.9 Å². The number of unbranched alkanes of at least 4 members (excludes halogenated alkanes) is 2. The van der Waals surface area contributed by atoms with Gasteiger partial charge in [-0.3, -0.25) is 57.7 Å². The van der Waals surface area contributed by atoms with Gasteiger partial charge in [0, 0.05) is 55.3 Å². The van der Waals surface area contributed by atoms with Gasteiger partial charge in [0.05, 0.1) is 12.9 Å². The first-order chi connectivity index (χ1) is 47.6. The summed E-state index contributed by atoms with van der Waals surface area (Å²) in [4.78, 5) is 169. The minimum atomic E-state index is -1.30. The van der Waals surface area contributed by atoms with Crippen LogP contribution in [0, 0.1) is 17.8 Å². The molecule has 0 radical (unpaired) electrons. The van der Waals surface area contributed by atoms with Crippen LogP contribution in [0.4, 0.5) is 0 Å². The highest BCUT2D eigenvalue weighted by Gasteiger charge is 2.37. The number of nitrogens with one attached hydrogen (secondary N) is 12. The molecule has 0 saturated carbocycles. The summed E-state index contributed by atoms with van der Waals surface area (Å²) in [7, 11) is 0. The maximum atomic E-state index is 14.9. The summed E-state index contributed by atoms with van der Waals surface area (Å²) in [6, 6.07) is -3.81. The molecule has 0 bridgehead atoms. The van der Waals surface area contributed by atoms with Gasteiger partial charge in [0.25, 0.3) is 0 Å². The molecule has 3 aromatic rings. The number of benzene rings is 1. The maximum absolute atomic E-state index is 14.9. The third kappa shape index (κ3) is 27.4. The second-order valence-corrected chi connectivity index (χ2v) is 26.0. The number of carbonyl (C=O) groups excluding carboxylic acids is 11. The lowest BCUT2D eigenvalue weighted by Crippen LogP contribution is -2.60. The number of amides is 11.